The monoisotopic (exact) mass is 311 g/mol. The summed E-state index contributed by atoms with van der Waals surface area (Å²) in [5.74, 6) is 0.624. The van der Waals surface area contributed by atoms with Crippen molar-refractivity contribution in [3.63, 3.8) is 0 Å². The average Bonchev–Trinajstić information content (AvgIpc) is 2.48. The first-order valence-corrected chi connectivity index (χ1v) is 7.77. The maximum Gasteiger partial charge on any atom is 0.255 e. The first-order valence-electron chi connectivity index (χ1n) is 7.39. The van der Waals surface area contributed by atoms with Crippen molar-refractivity contribution in [1.29, 1.82) is 0 Å². The number of aliphatic hydroxyl groups excluding tert-OH is 1. The number of carbonyl (C=O) groups is 1. The van der Waals surface area contributed by atoms with Gasteiger partial charge in [-0.3, -0.25) is 4.79 Å². The van der Waals surface area contributed by atoms with Crippen molar-refractivity contribution in [2.45, 2.75) is 32.8 Å². The summed E-state index contributed by atoms with van der Waals surface area (Å²) < 4.78 is 0. The third-order valence-corrected chi connectivity index (χ3v) is 4.07. The Labute approximate surface area is 130 Å². The lowest BCUT2D eigenvalue weighted by Gasteiger charge is -2.34. The predicted octanol–water partition coefficient (Wildman–Crippen LogP) is 2.40. The van der Waals surface area contributed by atoms with Crippen LogP contribution in [0.3, 0.4) is 0 Å². The summed E-state index contributed by atoms with van der Waals surface area (Å²) in [6.45, 7) is 5.94. The molecular weight excluding hydrogens is 290 g/mol. The highest BCUT2D eigenvalue weighted by atomic mass is 35.5. The lowest BCUT2D eigenvalue weighted by Crippen LogP contribution is -2.45. The molecule has 0 radical (unpaired) electrons. The molecule has 1 aromatic heterocycles. The molecule has 2 atom stereocenters. The second kappa shape index (κ2) is 7.09. The van der Waals surface area contributed by atoms with E-state index in [2.05, 4.69) is 17.2 Å². The van der Waals surface area contributed by atoms with E-state index in [4.69, 9.17) is 11.6 Å². The normalized spacial score (nSPS) is 22.2. The van der Waals surface area contributed by atoms with Crippen LogP contribution in [0.1, 0.15) is 37.0 Å². The number of aliphatic hydroxyl groups is 1. The zero-order valence-corrected chi connectivity index (χ0v) is 13.2. The molecule has 21 heavy (non-hydrogen) atoms. The number of amides is 1. The first-order chi connectivity index (χ1) is 10.0. The van der Waals surface area contributed by atoms with Gasteiger partial charge in [0.2, 0.25) is 0 Å². The molecule has 116 valence electrons. The van der Waals surface area contributed by atoms with Crippen LogP contribution in [0.5, 0.6) is 0 Å². The number of nitrogens with one attached hydrogen (secondary N) is 1. The molecule has 1 aliphatic heterocycles. The van der Waals surface area contributed by atoms with E-state index in [-0.39, 0.29) is 17.9 Å². The molecule has 5 nitrogen and oxygen atoms in total. The highest BCUT2D eigenvalue weighted by Gasteiger charge is 2.28. The van der Waals surface area contributed by atoms with Gasteiger partial charge in [-0.1, -0.05) is 25.4 Å². The lowest BCUT2D eigenvalue weighted by molar-refractivity contribution is 0.0297. The van der Waals surface area contributed by atoms with Gasteiger partial charge in [0, 0.05) is 25.8 Å². The third-order valence-electron chi connectivity index (χ3n) is 3.78. The Kier molecular flexibility index (Phi) is 5.42. The van der Waals surface area contributed by atoms with Gasteiger partial charge in [0.15, 0.2) is 0 Å². The van der Waals surface area contributed by atoms with Gasteiger partial charge < -0.3 is 15.3 Å². The molecule has 2 heterocycles. The SMILES string of the molecule is CCCNc1ncc(C(=O)N2CCC(O)C(C)C2)cc1Cl. The van der Waals surface area contributed by atoms with Crippen LogP contribution in [0.25, 0.3) is 0 Å². The maximum atomic E-state index is 12.5. The third kappa shape index (κ3) is 3.86. The molecule has 0 aliphatic carbocycles. The van der Waals surface area contributed by atoms with E-state index in [1.807, 2.05) is 6.92 Å². The lowest BCUT2D eigenvalue weighted by atomic mass is 9.96. The Morgan fingerprint density at radius 2 is 2.38 bits per heavy atom. The minimum Gasteiger partial charge on any atom is -0.393 e. The van der Waals surface area contributed by atoms with Gasteiger partial charge >= 0.3 is 0 Å². The topological polar surface area (TPSA) is 65.5 Å². The van der Waals surface area contributed by atoms with Crippen LogP contribution in [0.4, 0.5) is 5.82 Å². The Hall–Kier alpha value is -1.33. The molecule has 2 rings (SSSR count). The Balaban J connectivity index is 2.07. The van der Waals surface area contributed by atoms with E-state index in [1.54, 1.807) is 17.2 Å². The van der Waals surface area contributed by atoms with Crippen LogP contribution < -0.4 is 5.32 Å². The van der Waals surface area contributed by atoms with Crippen molar-refractivity contribution in [2.75, 3.05) is 25.0 Å². The summed E-state index contributed by atoms with van der Waals surface area (Å²) in [6.07, 6.45) is 2.83. The zero-order chi connectivity index (χ0) is 15.4. The van der Waals surface area contributed by atoms with Gasteiger partial charge in [-0.25, -0.2) is 4.98 Å². The smallest absolute Gasteiger partial charge is 0.255 e. The van der Waals surface area contributed by atoms with E-state index < -0.39 is 0 Å². The van der Waals surface area contributed by atoms with E-state index in [0.29, 0.717) is 35.9 Å². The van der Waals surface area contributed by atoms with Gasteiger partial charge in [0.1, 0.15) is 5.82 Å². The number of nitrogens with zero attached hydrogens (tertiary/aromatic N) is 2. The quantitative estimate of drug-likeness (QED) is 0.896. The number of carbonyl (C=O) groups excluding carboxylic acids is 1. The van der Waals surface area contributed by atoms with E-state index in [0.717, 1.165) is 13.0 Å². The number of halogens is 1. The van der Waals surface area contributed by atoms with E-state index in [9.17, 15) is 9.90 Å². The van der Waals surface area contributed by atoms with Crippen molar-refractivity contribution in [3.05, 3.63) is 22.8 Å². The molecule has 1 saturated heterocycles. The second-order valence-corrected chi connectivity index (χ2v) is 5.97. The fourth-order valence-corrected chi connectivity index (χ4v) is 2.66. The van der Waals surface area contributed by atoms with Crippen molar-refractivity contribution in [2.24, 2.45) is 5.92 Å². The summed E-state index contributed by atoms with van der Waals surface area (Å²) in [4.78, 5) is 18.4. The minimum absolute atomic E-state index is 0.0785. The molecule has 1 aromatic rings. The molecule has 6 heteroatoms. The Morgan fingerprint density at radius 1 is 1.62 bits per heavy atom. The van der Waals surface area contributed by atoms with Crippen LogP contribution >= 0.6 is 11.6 Å². The fraction of sp³-hybridized carbons (Fsp3) is 0.600. The number of rotatable bonds is 4. The molecule has 1 aliphatic rings. The number of likely N-dealkylation sites (tertiary alicyclic amines) is 1. The van der Waals surface area contributed by atoms with Crippen molar-refractivity contribution < 1.29 is 9.90 Å². The fourth-order valence-electron chi connectivity index (χ4n) is 2.43. The van der Waals surface area contributed by atoms with E-state index >= 15 is 0 Å². The number of hydrogen-bond acceptors (Lipinski definition) is 4. The molecule has 0 bridgehead atoms. The molecule has 0 aromatic carbocycles. The molecule has 2 unspecified atom stereocenters. The van der Waals surface area contributed by atoms with E-state index in [1.165, 1.54) is 0 Å². The Morgan fingerprint density at radius 3 is 3.00 bits per heavy atom. The molecule has 2 N–H and O–H groups in total. The zero-order valence-electron chi connectivity index (χ0n) is 12.5. The van der Waals surface area contributed by atoms with Crippen LogP contribution in [-0.2, 0) is 0 Å². The summed E-state index contributed by atoms with van der Waals surface area (Å²) in [7, 11) is 0. The highest BCUT2D eigenvalue weighted by Crippen LogP contribution is 2.23. The summed E-state index contributed by atoms with van der Waals surface area (Å²) in [6, 6.07) is 1.66. The second-order valence-electron chi connectivity index (χ2n) is 5.57. The van der Waals surface area contributed by atoms with Crippen LogP contribution in [0.15, 0.2) is 12.3 Å². The first kappa shape index (κ1) is 16.0. The van der Waals surface area contributed by atoms with Crippen LogP contribution in [0, 0.1) is 5.92 Å². The largest absolute Gasteiger partial charge is 0.393 e. The number of anilines is 1. The van der Waals surface area contributed by atoms with Gasteiger partial charge in [0.05, 0.1) is 16.7 Å². The summed E-state index contributed by atoms with van der Waals surface area (Å²) in [5, 5.41) is 13.3. The molecule has 0 saturated carbocycles. The molecule has 0 spiro atoms. The minimum atomic E-state index is -0.323. The van der Waals surface area contributed by atoms with Crippen molar-refractivity contribution >= 4 is 23.3 Å². The predicted molar refractivity (Wildman–Crippen MR) is 83.7 cm³/mol. The van der Waals surface area contributed by atoms with Gasteiger partial charge in [-0.2, -0.15) is 0 Å². The average molecular weight is 312 g/mol. The molecular formula is C15H22ClN3O2. The molecule has 1 amide bonds. The standard InChI is InChI=1S/C15H22ClN3O2/c1-3-5-17-14-12(16)7-11(8-18-14)15(21)19-6-4-13(20)10(2)9-19/h7-8,10,13,20H,3-6,9H2,1-2H3,(H,17,18). The van der Waals surface area contributed by atoms with Gasteiger partial charge in [-0.05, 0) is 24.8 Å². The van der Waals surface area contributed by atoms with Crippen LogP contribution in [-0.4, -0.2) is 46.6 Å². The number of hydrogen-bond donors (Lipinski definition) is 2. The maximum absolute atomic E-state index is 12.5. The Bertz CT molecular complexity index is 510. The summed E-state index contributed by atoms with van der Waals surface area (Å²) >= 11 is 6.16. The number of aromatic nitrogens is 1. The number of pyridine rings is 1. The summed E-state index contributed by atoms with van der Waals surface area (Å²) in [5.41, 5.74) is 0.491. The van der Waals surface area contributed by atoms with Gasteiger partial charge in [0.25, 0.3) is 5.91 Å². The van der Waals surface area contributed by atoms with Gasteiger partial charge in [-0.15, -0.1) is 0 Å². The van der Waals surface area contributed by atoms with Crippen molar-refractivity contribution in [1.82, 2.24) is 9.88 Å². The van der Waals surface area contributed by atoms with Crippen molar-refractivity contribution in [3.8, 4) is 0 Å². The molecule has 1 fully saturated rings. The highest BCUT2D eigenvalue weighted by molar-refractivity contribution is 6.33. The number of piperidine rings is 1. The van der Waals surface area contributed by atoms with Crippen LogP contribution in [0.2, 0.25) is 5.02 Å².